The van der Waals surface area contributed by atoms with Gasteiger partial charge in [0.15, 0.2) is 6.10 Å². The highest BCUT2D eigenvalue weighted by atomic mass is 16.5. The number of fused-ring (bicyclic) bond motifs is 1. The summed E-state index contributed by atoms with van der Waals surface area (Å²) in [6, 6.07) is 14.3. The quantitative estimate of drug-likeness (QED) is 0.665. The van der Waals surface area contributed by atoms with Crippen LogP contribution in [0.5, 0.6) is 5.75 Å². The Morgan fingerprint density at radius 1 is 1.10 bits per heavy atom. The lowest BCUT2D eigenvalue weighted by molar-refractivity contribution is -0.137. The van der Waals surface area contributed by atoms with E-state index in [1.165, 1.54) is 11.0 Å². The molecule has 6 nitrogen and oxygen atoms in total. The van der Waals surface area contributed by atoms with Gasteiger partial charge in [-0.1, -0.05) is 38.1 Å². The van der Waals surface area contributed by atoms with E-state index in [0.29, 0.717) is 11.3 Å². The average molecular weight is 397 g/mol. The number of hydrogen-bond donors (Lipinski definition) is 1. The van der Waals surface area contributed by atoms with E-state index < -0.39 is 18.3 Å². The molecule has 0 radical (unpaired) electrons. The van der Waals surface area contributed by atoms with Gasteiger partial charge >= 0.3 is 5.63 Å². The predicted octanol–water partition coefficient (Wildman–Crippen LogP) is 3.62. The van der Waals surface area contributed by atoms with Crippen LogP contribution in [0.1, 0.15) is 19.4 Å². The SMILES string of the molecule is CC.Cc1ccccc1-c1cc(=O)oc2cc(OC(CO)C(=O)N(C)C)ccc12. The van der Waals surface area contributed by atoms with Crippen LogP contribution in [-0.4, -0.2) is 42.7 Å². The molecule has 29 heavy (non-hydrogen) atoms. The molecule has 0 aliphatic carbocycles. The fraction of sp³-hybridized carbons (Fsp3) is 0.304. The van der Waals surface area contributed by atoms with Crippen LogP contribution < -0.4 is 10.4 Å². The van der Waals surface area contributed by atoms with E-state index in [9.17, 15) is 14.7 Å². The first-order chi connectivity index (χ1) is 13.9. The number of likely N-dealkylation sites (N-methyl/N-ethyl adjacent to an activating group) is 1. The minimum Gasteiger partial charge on any atom is -0.478 e. The molecule has 0 aliphatic heterocycles. The molecule has 0 bridgehead atoms. The second kappa shape index (κ2) is 9.89. The van der Waals surface area contributed by atoms with E-state index >= 15 is 0 Å². The standard InChI is InChI=1S/C21H21NO5.C2H6/c1-13-6-4-5-7-15(13)17-11-20(24)27-18-10-14(8-9-16(17)18)26-19(12-23)21(25)22(2)3;1-2/h4-11,19,23H,12H2,1-3H3;1-2H3. The maximum atomic E-state index is 12.1. The molecule has 1 heterocycles. The number of amides is 1. The molecule has 154 valence electrons. The van der Waals surface area contributed by atoms with E-state index in [1.807, 2.05) is 45.0 Å². The smallest absolute Gasteiger partial charge is 0.336 e. The number of aliphatic hydroxyl groups is 1. The van der Waals surface area contributed by atoms with Gasteiger partial charge in [-0.2, -0.15) is 0 Å². The number of aryl methyl sites for hydroxylation is 1. The number of benzene rings is 2. The van der Waals surface area contributed by atoms with Crippen LogP contribution in [0.25, 0.3) is 22.1 Å². The molecule has 1 amide bonds. The van der Waals surface area contributed by atoms with Crippen molar-refractivity contribution in [1.82, 2.24) is 4.90 Å². The van der Waals surface area contributed by atoms with Crippen molar-refractivity contribution >= 4 is 16.9 Å². The van der Waals surface area contributed by atoms with Crippen molar-refractivity contribution in [3.05, 3.63) is 64.5 Å². The van der Waals surface area contributed by atoms with Crippen molar-refractivity contribution in [1.29, 1.82) is 0 Å². The van der Waals surface area contributed by atoms with Crippen LogP contribution in [0.4, 0.5) is 0 Å². The van der Waals surface area contributed by atoms with E-state index in [2.05, 4.69) is 0 Å². The number of rotatable bonds is 5. The summed E-state index contributed by atoms with van der Waals surface area (Å²) in [5, 5.41) is 10.2. The van der Waals surface area contributed by atoms with E-state index in [1.54, 1.807) is 32.3 Å². The topological polar surface area (TPSA) is 80.0 Å². The van der Waals surface area contributed by atoms with Gasteiger partial charge in [0.1, 0.15) is 11.3 Å². The van der Waals surface area contributed by atoms with Crippen molar-refractivity contribution in [2.45, 2.75) is 26.9 Å². The third-order valence-corrected chi connectivity index (χ3v) is 4.31. The zero-order valence-electron chi connectivity index (χ0n) is 17.4. The fourth-order valence-corrected chi connectivity index (χ4v) is 2.93. The molecular formula is C23H27NO5. The summed E-state index contributed by atoms with van der Waals surface area (Å²) in [5.41, 5.74) is 2.64. The molecule has 1 atom stereocenters. The van der Waals surface area contributed by atoms with Gasteiger partial charge in [0.2, 0.25) is 0 Å². The van der Waals surface area contributed by atoms with Gasteiger partial charge in [-0.05, 0) is 30.2 Å². The average Bonchev–Trinajstić information content (AvgIpc) is 2.72. The van der Waals surface area contributed by atoms with Crippen molar-refractivity contribution in [2.24, 2.45) is 0 Å². The third-order valence-electron chi connectivity index (χ3n) is 4.31. The molecule has 1 N–H and O–H groups in total. The summed E-state index contributed by atoms with van der Waals surface area (Å²) in [6.45, 7) is 5.52. The summed E-state index contributed by atoms with van der Waals surface area (Å²) in [5.74, 6) is -0.0189. The van der Waals surface area contributed by atoms with Crippen LogP contribution in [0.15, 0.2) is 57.7 Å². The van der Waals surface area contributed by atoms with Crippen LogP contribution in [0.2, 0.25) is 0 Å². The highest BCUT2D eigenvalue weighted by Gasteiger charge is 2.21. The Morgan fingerprint density at radius 3 is 2.41 bits per heavy atom. The second-order valence-corrected chi connectivity index (χ2v) is 6.47. The van der Waals surface area contributed by atoms with E-state index in [0.717, 1.165) is 22.1 Å². The molecule has 0 fully saturated rings. The molecule has 3 aromatic rings. The number of ether oxygens (including phenoxy) is 1. The van der Waals surface area contributed by atoms with Gasteiger partial charge in [-0.3, -0.25) is 4.79 Å². The Bertz CT molecular complexity index is 1040. The van der Waals surface area contributed by atoms with Crippen LogP contribution in [0.3, 0.4) is 0 Å². The largest absolute Gasteiger partial charge is 0.478 e. The lowest BCUT2D eigenvalue weighted by Crippen LogP contribution is -2.40. The van der Waals surface area contributed by atoms with Gasteiger partial charge in [0, 0.05) is 37.2 Å². The number of aliphatic hydroxyl groups excluding tert-OH is 1. The van der Waals surface area contributed by atoms with Crippen LogP contribution in [0, 0.1) is 6.92 Å². The Hall–Kier alpha value is -3.12. The molecular weight excluding hydrogens is 370 g/mol. The molecule has 0 saturated heterocycles. The maximum Gasteiger partial charge on any atom is 0.336 e. The van der Waals surface area contributed by atoms with Gasteiger partial charge in [0.25, 0.3) is 5.91 Å². The number of carbonyl (C=O) groups is 1. The molecule has 0 saturated carbocycles. The molecule has 1 aromatic heterocycles. The summed E-state index contributed by atoms with van der Waals surface area (Å²) in [7, 11) is 3.17. The van der Waals surface area contributed by atoms with E-state index in [4.69, 9.17) is 9.15 Å². The van der Waals surface area contributed by atoms with Crippen molar-refractivity contribution < 1.29 is 19.1 Å². The molecule has 3 rings (SSSR count). The fourth-order valence-electron chi connectivity index (χ4n) is 2.93. The molecule has 2 aromatic carbocycles. The Balaban J connectivity index is 0.00000145. The first-order valence-electron chi connectivity index (χ1n) is 9.53. The zero-order chi connectivity index (χ0) is 21.6. The summed E-state index contributed by atoms with van der Waals surface area (Å²) < 4.78 is 10.9. The lowest BCUT2D eigenvalue weighted by Gasteiger charge is -2.20. The van der Waals surface area contributed by atoms with Gasteiger partial charge in [-0.15, -0.1) is 0 Å². The van der Waals surface area contributed by atoms with Gasteiger partial charge in [-0.25, -0.2) is 4.79 Å². The summed E-state index contributed by atoms with van der Waals surface area (Å²) >= 11 is 0. The molecule has 1 unspecified atom stereocenters. The lowest BCUT2D eigenvalue weighted by atomic mass is 9.98. The summed E-state index contributed by atoms with van der Waals surface area (Å²) in [6.07, 6.45) is -1.02. The molecule has 0 aliphatic rings. The molecule has 6 heteroatoms. The predicted molar refractivity (Wildman–Crippen MR) is 114 cm³/mol. The Kier molecular flexibility index (Phi) is 7.56. The normalized spacial score (nSPS) is 11.4. The minimum absolute atomic E-state index is 0.335. The van der Waals surface area contributed by atoms with Gasteiger partial charge in [0.05, 0.1) is 6.61 Å². The number of nitrogens with zero attached hydrogens (tertiary/aromatic N) is 1. The Morgan fingerprint density at radius 2 is 1.79 bits per heavy atom. The highest BCUT2D eigenvalue weighted by molar-refractivity contribution is 5.94. The Labute approximate surface area is 170 Å². The first kappa shape index (κ1) is 22.2. The van der Waals surface area contributed by atoms with Crippen LogP contribution >= 0.6 is 0 Å². The van der Waals surface area contributed by atoms with Crippen molar-refractivity contribution in [3.63, 3.8) is 0 Å². The summed E-state index contributed by atoms with van der Waals surface area (Å²) in [4.78, 5) is 25.5. The second-order valence-electron chi connectivity index (χ2n) is 6.47. The molecule has 0 spiro atoms. The maximum absolute atomic E-state index is 12.1. The van der Waals surface area contributed by atoms with E-state index in [-0.39, 0.29) is 5.91 Å². The van der Waals surface area contributed by atoms with Crippen LogP contribution in [-0.2, 0) is 4.79 Å². The third kappa shape index (κ3) is 5.03. The monoisotopic (exact) mass is 397 g/mol. The van der Waals surface area contributed by atoms with Gasteiger partial charge < -0.3 is 19.2 Å². The van der Waals surface area contributed by atoms with Crippen molar-refractivity contribution in [2.75, 3.05) is 20.7 Å². The van der Waals surface area contributed by atoms with Crippen molar-refractivity contribution in [3.8, 4) is 16.9 Å². The first-order valence-corrected chi connectivity index (χ1v) is 9.53. The highest BCUT2D eigenvalue weighted by Crippen LogP contribution is 2.31. The number of carbonyl (C=O) groups excluding carboxylic acids is 1. The number of hydrogen-bond acceptors (Lipinski definition) is 5. The minimum atomic E-state index is -1.02. The zero-order valence-corrected chi connectivity index (χ0v) is 17.4.